The Morgan fingerprint density at radius 3 is 2.20 bits per heavy atom. The summed E-state index contributed by atoms with van der Waals surface area (Å²) in [6, 6.07) is 21.2. The first kappa shape index (κ1) is 13.2. The van der Waals surface area contributed by atoms with Crippen LogP contribution in [0.1, 0.15) is 11.6 Å². The van der Waals surface area contributed by atoms with Gasteiger partial charge in [0.15, 0.2) is 0 Å². The van der Waals surface area contributed by atoms with Gasteiger partial charge in [-0.1, -0.05) is 48.5 Å². The molecule has 0 aliphatic carbocycles. The van der Waals surface area contributed by atoms with Crippen LogP contribution in [0.5, 0.6) is 0 Å². The Hall–Kier alpha value is -1.84. The van der Waals surface area contributed by atoms with E-state index in [1.807, 2.05) is 12.1 Å². The third-order valence-corrected chi connectivity index (χ3v) is 4.06. The summed E-state index contributed by atoms with van der Waals surface area (Å²) in [6.45, 7) is 0.994. The summed E-state index contributed by atoms with van der Waals surface area (Å²) >= 11 is 0. The zero-order valence-electron chi connectivity index (χ0n) is 11.7. The molecular weight excluding hydrogens is 248 g/mol. The van der Waals surface area contributed by atoms with Crippen molar-refractivity contribution in [2.24, 2.45) is 0 Å². The predicted octanol–water partition coefficient (Wildman–Crippen LogP) is 2.50. The van der Waals surface area contributed by atoms with Crippen LogP contribution in [-0.4, -0.2) is 36.4 Å². The second kappa shape index (κ2) is 5.65. The summed E-state index contributed by atoms with van der Waals surface area (Å²) in [5.74, 6) is 0. The molecule has 0 unspecified atom stereocenters. The Morgan fingerprint density at radius 1 is 1.00 bits per heavy atom. The quantitative estimate of drug-likeness (QED) is 0.926. The number of aliphatic hydroxyl groups is 1. The summed E-state index contributed by atoms with van der Waals surface area (Å²) in [5, 5.41) is 9.76. The maximum atomic E-state index is 9.76. The standard InChI is InChI=1S/C17H20N2O/c1-18-13-19(15-10-6-3-7-11-15)17(16(18)12-20)14-8-4-2-5-9-14/h2-11,16-17,20H,12-13H2,1H3/t16-,17-/m0/s1. The van der Waals surface area contributed by atoms with Crippen molar-refractivity contribution in [2.45, 2.75) is 12.1 Å². The number of hydrogen-bond donors (Lipinski definition) is 1. The first-order valence-corrected chi connectivity index (χ1v) is 6.99. The highest BCUT2D eigenvalue weighted by Crippen LogP contribution is 2.36. The zero-order chi connectivity index (χ0) is 13.9. The first-order valence-electron chi connectivity index (χ1n) is 6.99. The maximum Gasteiger partial charge on any atom is 0.0733 e. The van der Waals surface area contributed by atoms with Gasteiger partial charge in [-0.25, -0.2) is 0 Å². The van der Waals surface area contributed by atoms with E-state index in [0.29, 0.717) is 0 Å². The van der Waals surface area contributed by atoms with E-state index in [1.165, 1.54) is 11.3 Å². The Labute approximate surface area is 120 Å². The summed E-state index contributed by atoms with van der Waals surface area (Å²) in [4.78, 5) is 4.57. The number of aliphatic hydroxyl groups excluding tert-OH is 1. The van der Waals surface area contributed by atoms with Crippen LogP contribution >= 0.6 is 0 Å². The van der Waals surface area contributed by atoms with E-state index in [-0.39, 0.29) is 18.7 Å². The molecule has 0 radical (unpaired) electrons. The lowest BCUT2D eigenvalue weighted by Crippen LogP contribution is -2.32. The van der Waals surface area contributed by atoms with E-state index in [4.69, 9.17) is 0 Å². The van der Waals surface area contributed by atoms with Crippen LogP contribution in [0.15, 0.2) is 60.7 Å². The van der Waals surface area contributed by atoms with Gasteiger partial charge in [-0.3, -0.25) is 4.90 Å². The molecule has 3 nitrogen and oxygen atoms in total. The molecule has 3 heteroatoms. The highest BCUT2D eigenvalue weighted by Gasteiger charge is 2.38. The number of para-hydroxylation sites is 1. The summed E-state index contributed by atoms with van der Waals surface area (Å²) in [7, 11) is 2.07. The van der Waals surface area contributed by atoms with Crippen LogP contribution in [-0.2, 0) is 0 Å². The van der Waals surface area contributed by atoms with Gasteiger partial charge in [0.05, 0.1) is 25.4 Å². The minimum Gasteiger partial charge on any atom is -0.395 e. The molecule has 3 rings (SSSR count). The Kier molecular flexibility index (Phi) is 3.72. The zero-order valence-corrected chi connectivity index (χ0v) is 11.7. The van der Waals surface area contributed by atoms with E-state index < -0.39 is 0 Å². The Morgan fingerprint density at radius 2 is 1.60 bits per heavy atom. The number of nitrogens with zero attached hydrogens (tertiary/aromatic N) is 2. The molecule has 1 heterocycles. The molecule has 104 valence electrons. The van der Waals surface area contributed by atoms with Crippen molar-refractivity contribution in [1.29, 1.82) is 0 Å². The molecule has 0 saturated carbocycles. The second-order valence-electron chi connectivity index (χ2n) is 5.31. The van der Waals surface area contributed by atoms with Crippen LogP contribution < -0.4 is 4.90 Å². The molecule has 1 aliphatic heterocycles. The normalized spacial score (nSPS) is 23.2. The van der Waals surface area contributed by atoms with Crippen molar-refractivity contribution in [3.63, 3.8) is 0 Å². The van der Waals surface area contributed by atoms with Gasteiger partial charge in [-0.05, 0) is 24.7 Å². The highest BCUT2D eigenvalue weighted by molar-refractivity contribution is 5.50. The summed E-state index contributed by atoms with van der Waals surface area (Å²) in [5.41, 5.74) is 2.45. The molecule has 0 aromatic heterocycles. The lowest BCUT2D eigenvalue weighted by Gasteiger charge is -2.28. The molecule has 1 fully saturated rings. The van der Waals surface area contributed by atoms with Crippen LogP contribution in [0.3, 0.4) is 0 Å². The van der Waals surface area contributed by atoms with Crippen molar-refractivity contribution in [3.8, 4) is 0 Å². The fourth-order valence-corrected chi connectivity index (χ4v) is 3.04. The van der Waals surface area contributed by atoms with Crippen molar-refractivity contribution < 1.29 is 5.11 Å². The van der Waals surface area contributed by atoms with Gasteiger partial charge in [-0.15, -0.1) is 0 Å². The number of likely N-dealkylation sites (N-methyl/N-ethyl adjacent to an activating group) is 1. The first-order chi connectivity index (χ1) is 9.81. The molecule has 0 spiro atoms. The number of anilines is 1. The van der Waals surface area contributed by atoms with Crippen LogP contribution in [0, 0.1) is 0 Å². The third kappa shape index (κ3) is 2.30. The van der Waals surface area contributed by atoms with Gasteiger partial charge in [0.2, 0.25) is 0 Å². The molecule has 2 atom stereocenters. The van der Waals surface area contributed by atoms with Gasteiger partial charge in [-0.2, -0.15) is 0 Å². The van der Waals surface area contributed by atoms with Gasteiger partial charge in [0, 0.05) is 5.69 Å². The monoisotopic (exact) mass is 268 g/mol. The van der Waals surface area contributed by atoms with E-state index >= 15 is 0 Å². The molecule has 2 aromatic rings. The van der Waals surface area contributed by atoms with Gasteiger partial charge in [0.1, 0.15) is 0 Å². The minimum absolute atomic E-state index is 0.123. The van der Waals surface area contributed by atoms with Crippen LogP contribution in [0.2, 0.25) is 0 Å². The van der Waals surface area contributed by atoms with Crippen LogP contribution in [0.25, 0.3) is 0 Å². The molecule has 0 amide bonds. The maximum absolute atomic E-state index is 9.76. The molecule has 1 N–H and O–H groups in total. The van der Waals surface area contributed by atoms with E-state index in [2.05, 4.69) is 65.4 Å². The summed E-state index contributed by atoms with van der Waals surface area (Å²) in [6.07, 6.45) is 0. The van der Waals surface area contributed by atoms with E-state index in [9.17, 15) is 5.11 Å². The molecule has 1 aliphatic rings. The number of rotatable bonds is 3. The SMILES string of the molecule is CN1CN(c2ccccc2)[C@@H](c2ccccc2)[C@@H]1CO. The van der Waals surface area contributed by atoms with Crippen molar-refractivity contribution in [2.75, 3.05) is 25.2 Å². The van der Waals surface area contributed by atoms with Crippen molar-refractivity contribution >= 4 is 5.69 Å². The molecule has 0 bridgehead atoms. The van der Waals surface area contributed by atoms with Crippen molar-refractivity contribution in [3.05, 3.63) is 66.2 Å². The lowest BCUT2D eigenvalue weighted by atomic mass is 9.99. The molecular formula is C17H20N2O. The van der Waals surface area contributed by atoms with E-state index in [0.717, 1.165) is 6.67 Å². The van der Waals surface area contributed by atoms with Crippen LogP contribution in [0.4, 0.5) is 5.69 Å². The Bertz CT molecular complexity index is 543. The largest absolute Gasteiger partial charge is 0.395 e. The van der Waals surface area contributed by atoms with Crippen molar-refractivity contribution in [1.82, 2.24) is 4.90 Å². The average Bonchev–Trinajstić information content (AvgIpc) is 2.85. The summed E-state index contributed by atoms with van der Waals surface area (Å²) < 4.78 is 0. The number of hydrogen-bond acceptors (Lipinski definition) is 3. The van der Waals surface area contributed by atoms with Gasteiger partial charge in [0.25, 0.3) is 0 Å². The second-order valence-corrected chi connectivity index (χ2v) is 5.31. The fourth-order valence-electron chi connectivity index (χ4n) is 3.04. The lowest BCUT2D eigenvalue weighted by molar-refractivity contribution is 0.172. The topological polar surface area (TPSA) is 26.7 Å². The fraction of sp³-hybridized carbons (Fsp3) is 0.294. The minimum atomic E-state index is 0.123. The van der Waals surface area contributed by atoms with Gasteiger partial charge >= 0.3 is 0 Å². The average molecular weight is 268 g/mol. The Balaban J connectivity index is 2.00. The molecule has 1 saturated heterocycles. The highest BCUT2D eigenvalue weighted by atomic mass is 16.3. The molecule has 20 heavy (non-hydrogen) atoms. The number of benzene rings is 2. The smallest absolute Gasteiger partial charge is 0.0733 e. The van der Waals surface area contributed by atoms with Gasteiger partial charge < -0.3 is 10.0 Å². The third-order valence-electron chi connectivity index (χ3n) is 4.06. The van der Waals surface area contributed by atoms with E-state index in [1.54, 1.807) is 0 Å². The molecule has 2 aromatic carbocycles. The predicted molar refractivity (Wildman–Crippen MR) is 81.6 cm³/mol.